The molecule has 0 bridgehead atoms. The minimum Gasteiger partial charge on any atom is -0.488 e. The van der Waals surface area contributed by atoms with E-state index < -0.39 is 31.7 Å². The van der Waals surface area contributed by atoms with Gasteiger partial charge in [-0.3, -0.25) is 4.52 Å². The molecule has 0 amide bonds. The van der Waals surface area contributed by atoms with E-state index in [9.17, 15) is 17.7 Å². The number of nitrogens with zero attached hydrogens (tertiary/aromatic N) is 1. The maximum Gasteiger partial charge on any atom is 0.469 e. The zero-order chi connectivity index (χ0) is 28.4. The number of halogens is 3. The Morgan fingerprint density at radius 2 is 1.64 bits per heavy atom. The highest BCUT2D eigenvalue weighted by molar-refractivity contribution is 7.46. The van der Waals surface area contributed by atoms with Crippen molar-refractivity contribution >= 4 is 7.82 Å². The Balaban J connectivity index is 1.56. The average Bonchev–Trinajstić information content (AvgIpc) is 3.38. The van der Waals surface area contributed by atoms with Crippen LogP contribution in [0.3, 0.4) is 0 Å². The number of aromatic amines is 1. The number of aromatic nitrogens is 2. The van der Waals surface area contributed by atoms with E-state index in [4.69, 9.17) is 20.3 Å². The number of phosphoric ester groups is 1. The van der Waals surface area contributed by atoms with Crippen LogP contribution in [-0.2, 0) is 27.4 Å². The minimum absolute atomic E-state index is 0.0579. The molecule has 1 aromatic heterocycles. The molecule has 3 aromatic carbocycles. The van der Waals surface area contributed by atoms with Crippen LogP contribution in [0.5, 0.6) is 5.75 Å². The first kappa shape index (κ1) is 28.5. The van der Waals surface area contributed by atoms with Crippen LogP contribution in [0, 0.1) is 6.92 Å². The quantitative estimate of drug-likeness (QED) is 0.186. The number of aryl methyl sites for hydroxylation is 1. The lowest BCUT2D eigenvalue weighted by Gasteiger charge is -2.22. The minimum atomic E-state index is -4.78. The highest BCUT2D eigenvalue weighted by Crippen LogP contribution is 2.42. The second kappa shape index (κ2) is 11.0. The Labute approximate surface area is 222 Å². The number of benzene rings is 3. The van der Waals surface area contributed by atoms with Gasteiger partial charge >= 0.3 is 14.0 Å². The molecule has 0 radical (unpaired) electrons. The molecule has 206 valence electrons. The number of ether oxygens (including phenoxy) is 1. The van der Waals surface area contributed by atoms with Crippen LogP contribution in [0.2, 0.25) is 0 Å². The molecule has 4 rings (SSSR count). The van der Waals surface area contributed by atoms with Gasteiger partial charge in [-0.25, -0.2) is 9.55 Å². The van der Waals surface area contributed by atoms with Gasteiger partial charge in [0.1, 0.15) is 18.2 Å². The zero-order valence-corrected chi connectivity index (χ0v) is 22.0. The first-order valence-electron chi connectivity index (χ1n) is 11.8. The summed E-state index contributed by atoms with van der Waals surface area (Å²) >= 11 is 0. The molecule has 1 heterocycles. The predicted molar refractivity (Wildman–Crippen MR) is 140 cm³/mol. The maximum absolute atomic E-state index is 14.1. The van der Waals surface area contributed by atoms with Gasteiger partial charge in [0.05, 0.1) is 29.6 Å². The Morgan fingerprint density at radius 1 is 1.00 bits per heavy atom. The van der Waals surface area contributed by atoms with Crippen molar-refractivity contribution in [1.29, 1.82) is 0 Å². The van der Waals surface area contributed by atoms with E-state index in [0.29, 0.717) is 5.56 Å². The van der Waals surface area contributed by atoms with Crippen LogP contribution in [-0.4, -0.2) is 26.4 Å². The van der Waals surface area contributed by atoms with Crippen LogP contribution in [0.1, 0.15) is 29.4 Å². The lowest BCUT2D eigenvalue weighted by atomic mass is 10.0. The molecule has 0 aliphatic carbocycles. The van der Waals surface area contributed by atoms with Gasteiger partial charge in [0.15, 0.2) is 0 Å². The molecule has 5 N–H and O–H groups in total. The lowest BCUT2D eigenvalue weighted by Crippen LogP contribution is -2.39. The van der Waals surface area contributed by atoms with Crippen LogP contribution >= 0.6 is 7.82 Å². The molecule has 0 fully saturated rings. The molecule has 0 saturated heterocycles. The zero-order valence-electron chi connectivity index (χ0n) is 21.1. The summed E-state index contributed by atoms with van der Waals surface area (Å²) in [7, 11) is -4.78. The molecular formula is C27H27F3N3O5P. The summed E-state index contributed by atoms with van der Waals surface area (Å²) in [4.78, 5) is 24.8. The fraction of sp³-hybridized carbons (Fsp3) is 0.222. The van der Waals surface area contributed by atoms with Crippen molar-refractivity contribution in [2.45, 2.75) is 32.2 Å². The number of imidazole rings is 1. The number of hydrogen-bond donors (Lipinski definition) is 4. The molecule has 0 aliphatic rings. The second-order valence-electron chi connectivity index (χ2n) is 9.35. The fourth-order valence-corrected chi connectivity index (χ4v) is 4.39. The number of phosphoric acid groups is 1. The van der Waals surface area contributed by atoms with Gasteiger partial charge in [0.2, 0.25) is 0 Å². The van der Waals surface area contributed by atoms with E-state index >= 15 is 0 Å². The Hall–Kier alpha value is -3.47. The van der Waals surface area contributed by atoms with Crippen molar-refractivity contribution in [3.63, 3.8) is 0 Å². The Kier molecular flexibility index (Phi) is 8.02. The fourth-order valence-electron chi connectivity index (χ4n) is 3.96. The monoisotopic (exact) mass is 561 g/mol. The normalized spacial score (nSPS) is 13.7. The van der Waals surface area contributed by atoms with Crippen molar-refractivity contribution in [3.05, 3.63) is 95.4 Å². The van der Waals surface area contributed by atoms with Crippen LogP contribution < -0.4 is 10.5 Å². The van der Waals surface area contributed by atoms with Crippen molar-refractivity contribution in [3.8, 4) is 28.1 Å². The third kappa shape index (κ3) is 7.14. The molecule has 0 unspecified atom stereocenters. The van der Waals surface area contributed by atoms with E-state index in [0.717, 1.165) is 17.2 Å². The Morgan fingerprint density at radius 3 is 2.26 bits per heavy atom. The van der Waals surface area contributed by atoms with Crippen molar-refractivity contribution in [2.24, 2.45) is 5.73 Å². The van der Waals surface area contributed by atoms with Gasteiger partial charge < -0.3 is 25.2 Å². The number of rotatable bonds is 9. The molecule has 39 heavy (non-hydrogen) atoms. The summed E-state index contributed by atoms with van der Waals surface area (Å²) in [6.45, 7) is 2.31. The lowest BCUT2D eigenvalue weighted by molar-refractivity contribution is -0.139. The number of H-pyrrole nitrogens is 1. The smallest absolute Gasteiger partial charge is 0.469 e. The predicted octanol–water partition coefficient (Wildman–Crippen LogP) is 5.93. The molecule has 8 nitrogen and oxygen atoms in total. The first-order valence-corrected chi connectivity index (χ1v) is 13.3. The van der Waals surface area contributed by atoms with E-state index in [-0.39, 0.29) is 35.0 Å². The highest BCUT2D eigenvalue weighted by Gasteiger charge is 2.36. The third-order valence-electron chi connectivity index (χ3n) is 5.98. The second-order valence-corrected chi connectivity index (χ2v) is 10.6. The van der Waals surface area contributed by atoms with E-state index in [2.05, 4.69) is 14.5 Å². The first-order chi connectivity index (χ1) is 18.2. The van der Waals surface area contributed by atoms with Gasteiger partial charge in [-0.1, -0.05) is 54.6 Å². The molecule has 1 atom stereocenters. The third-order valence-corrected chi connectivity index (χ3v) is 6.45. The molecule has 12 heteroatoms. The molecule has 0 saturated carbocycles. The van der Waals surface area contributed by atoms with Gasteiger partial charge in [-0.2, -0.15) is 13.2 Å². The largest absolute Gasteiger partial charge is 0.488 e. The summed E-state index contributed by atoms with van der Waals surface area (Å²) in [6.07, 6.45) is -3.41. The number of nitrogens with one attached hydrogen (secondary N) is 1. The summed E-state index contributed by atoms with van der Waals surface area (Å²) in [5, 5.41) is 0. The molecule has 0 spiro atoms. The molecular weight excluding hydrogens is 534 g/mol. The van der Waals surface area contributed by atoms with Crippen molar-refractivity contribution in [2.75, 3.05) is 6.61 Å². The highest BCUT2D eigenvalue weighted by atomic mass is 31.2. The standard InChI is InChI=1S/C27H27F3N3O5P/c1-17-12-21(23-14-32-25(33-23)26(2,31)16-38-39(34,35)36)13-22(27(28,29)30)24(17)37-15-18-8-10-20(11-9-18)19-6-4-3-5-7-19/h3-14H,15-16,31H2,1-2H3,(H,32,33)(H2,34,35,36)/t26-/m0/s1. The number of hydrogen-bond acceptors (Lipinski definition) is 5. The topological polar surface area (TPSA) is 131 Å². The van der Waals surface area contributed by atoms with E-state index in [1.54, 1.807) is 0 Å². The summed E-state index contributed by atoms with van der Waals surface area (Å²) in [6, 6.07) is 19.6. The van der Waals surface area contributed by atoms with Crippen LogP contribution in [0.15, 0.2) is 72.9 Å². The van der Waals surface area contributed by atoms with Crippen LogP contribution in [0.4, 0.5) is 13.2 Å². The number of alkyl halides is 3. The van der Waals surface area contributed by atoms with Gasteiger partial charge in [0, 0.05) is 5.56 Å². The average molecular weight is 561 g/mol. The van der Waals surface area contributed by atoms with Crippen LogP contribution in [0.25, 0.3) is 22.4 Å². The number of nitrogens with two attached hydrogens (primary N) is 1. The van der Waals surface area contributed by atoms with Gasteiger partial charge in [-0.15, -0.1) is 0 Å². The molecule has 0 aliphatic heterocycles. The van der Waals surface area contributed by atoms with Gasteiger partial charge in [0.25, 0.3) is 0 Å². The Bertz CT molecular complexity index is 1480. The SMILES string of the molecule is Cc1cc(-c2cnc([C@@](C)(N)COP(=O)(O)O)[nH]2)cc(C(F)(F)F)c1OCc1ccc(-c2ccccc2)cc1. The van der Waals surface area contributed by atoms with E-state index in [1.807, 2.05) is 54.6 Å². The summed E-state index contributed by atoms with van der Waals surface area (Å²) < 4.78 is 63.4. The molecule has 4 aromatic rings. The maximum atomic E-state index is 14.1. The summed E-state index contributed by atoms with van der Waals surface area (Å²) in [5.74, 6) is -0.201. The van der Waals surface area contributed by atoms with Gasteiger partial charge in [-0.05, 0) is 48.2 Å². The van der Waals surface area contributed by atoms with E-state index in [1.165, 1.54) is 26.1 Å². The van der Waals surface area contributed by atoms with Crippen molar-refractivity contribution < 1.29 is 36.8 Å². The van der Waals surface area contributed by atoms with Crippen molar-refractivity contribution in [1.82, 2.24) is 9.97 Å². The summed E-state index contributed by atoms with van der Waals surface area (Å²) in [5.41, 5.74) is 7.07.